The third-order valence-electron chi connectivity index (χ3n) is 9.57. The van der Waals surface area contributed by atoms with Crippen LogP contribution in [0.1, 0.15) is 0 Å². The Hall–Kier alpha value is -5.94. The van der Waals surface area contributed by atoms with E-state index in [0.717, 1.165) is 83.6 Å². The number of aromatic nitrogens is 1. The van der Waals surface area contributed by atoms with Gasteiger partial charge in [0, 0.05) is 27.2 Å². The van der Waals surface area contributed by atoms with E-state index in [-0.39, 0.29) is 0 Å². The summed E-state index contributed by atoms with van der Waals surface area (Å²) in [7, 11) is 2.33. The molecule has 4 heterocycles. The molecule has 0 unspecified atom stereocenters. The molecule has 2 aliphatic heterocycles. The molecule has 45 heavy (non-hydrogen) atoms. The van der Waals surface area contributed by atoms with Gasteiger partial charge < -0.3 is 19.0 Å². The molecule has 1 radical (unpaired) electrons. The summed E-state index contributed by atoms with van der Waals surface area (Å²) in [5.74, 6) is 1.69. The van der Waals surface area contributed by atoms with Gasteiger partial charge in [0.1, 0.15) is 11.2 Å². The van der Waals surface area contributed by atoms with Gasteiger partial charge in [-0.1, -0.05) is 90.4 Å². The second kappa shape index (κ2) is 8.37. The molecule has 2 aliphatic rings. The lowest BCUT2D eigenvalue weighted by Gasteiger charge is -2.39. The van der Waals surface area contributed by atoms with Crippen molar-refractivity contribution in [2.45, 2.75) is 0 Å². The number of nitrogens with one attached hydrogen (secondary N) is 1. The van der Waals surface area contributed by atoms with Crippen molar-refractivity contribution >= 4 is 89.8 Å². The number of aromatic amines is 1. The van der Waals surface area contributed by atoms with Crippen LogP contribution in [0.15, 0.2) is 132 Å². The first-order valence-electron chi connectivity index (χ1n) is 15.3. The molecule has 0 bridgehead atoms. The van der Waals surface area contributed by atoms with Gasteiger partial charge in [-0.15, -0.1) is 0 Å². The van der Waals surface area contributed by atoms with Crippen LogP contribution in [-0.4, -0.2) is 12.3 Å². The van der Waals surface area contributed by atoms with Gasteiger partial charge in [-0.05, 0) is 64.3 Å². The summed E-state index contributed by atoms with van der Waals surface area (Å²) < 4.78 is 13.1. The SMILES string of the molecule is [B]1c2cccc3c2N(c2ccccc2O3)c2c1c(-c1cccc3c1[nH]c1cc4ccccc4cc13)cc1oc3ccccc3c21. The number of anilines is 3. The maximum Gasteiger partial charge on any atom is 0.198 e. The zero-order valence-electron chi connectivity index (χ0n) is 24.0. The summed E-state index contributed by atoms with van der Waals surface area (Å²) >= 11 is 0. The highest BCUT2D eigenvalue weighted by atomic mass is 16.5. The van der Waals surface area contributed by atoms with Gasteiger partial charge in [-0.25, -0.2) is 0 Å². The Kier molecular flexibility index (Phi) is 4.37. The topological polar surface area (TPSA) is 41.4 Å². The van der Waals surface area contributed by atoms with Crippen LogP contribution in [0.3, 0.4) is 0 Å². The van der Waals surface area contributed by atoms with Crippen molar-refractivity contribution in [3.8, 4) is 22.6 Å². The van der Waals surface area contributed by atoms with Crippen molar-refractivity contribution in [3.05, 3.63) is 127 Å². The Balaban J connectivity index is 1.29. The molecule has 0 fully saturated rings. The lowest BCUT2D eigenvalue weighted by atomic mass is 9.57. The zero-order chi connectivity index (χ0) is 29.2. The molecule has 0 spiro atoms. The summed E-state index contributed by atoms with van der Waals surface area (Å²) in [6.07, 6.45) is 0. The lowest BCUT2D eigenvalue weighted by molar-refractivity contribution is 0.477. The second-order valence-corrected chi connectivity index (χ2v) is 12.0. The molecule has 0 aliphatic carbocycles. The molecule has 0 saturated carbocycles. The molecule has 0 saturated heterocycles. The van der Waals surface area contributed by atoms with E-state index < -0.39 is 0 Å². The van der Waals surface area contributed by atoms with Crippen molar-refractivity contribution in [2.24, 2.45) is 0 Å². The smallest absolute Gasteiger partial charge is 0.198 e. The molecule has 0 amide bonds. The van der Waals surface area contributed by atoms with Crippen molar-refractivity contribution < 1.29 is 9.15 Å². The van der Waals surface area contributed by atoms with Crippen LogP contribution in [0, 0.1) is 0 Å². The predicted octanol–water partition coefficient (Wildman–Crippen LogP) is 9.58. The fourth-order valence-corrected chi connectivity index (χ4v) is 7.65. The van der Waals surface area contributed by atoms with Gasteiger partial charge in [0.05, 0.1) is 28.0 Å². The zero-order valence-corrected chi connectivity index (χ0v) is 24.0. The summed E-state index contributed by atoms with van der Waals surface area (Å²) in [4.78, 5) is 6.21. The minimum atomic E-state index is 0.839. The molecule has 7 aromatic carbocycles. The number of para-hydroxylation sites is 5. The van der Waals surface area contributed by atoms with Gasteiger partial charge in [0.25, 0.3) is 0 Å². The summed E-state index contributed by atoms with van der Waals surface area (Å²) in [5, 5.41) is 7.11. The quantitative estimate of drug-likeness (QED) is 0.199. The van der Waals surface area contributed by atoms with Crippen LogP contribution in [0.25, 0.3) is 65.6 Å². The van der Waals surface area contributed by atoms with E-state index in [1.165, 1.54) is 21.5 Å². The van der Waals surface area contributed by atoms with E-state index >= 15 is 0 Å². The number of hydrogen-bond acceptors (Lipinski definition) is 3. The fraction of sp³-hybridized carbons (Fsp3) is 0. The molecule has 1 N–H and O–H groups in total. The Labute approximate surface area is 258 Å². The summed E-state index contributed by atoms with van der Waals surface area (Å²) in [6.45, 7) is 0. The molecule has 11 rings (SSSR count). The first-order chi connectivity index (χ1) is 22.3. The van der Waals surface area contributed by atoms with Crippen molar-refractivity contribution in [1.29, 1.82) is 0 Å². The predicted molar refractivity (Wildman–Crippen MR) is 186 cm³/mol. The number of H-pyrrole nitrogens is 1. The van der Waals surface area contributed by atoms with Crippen LogP contribution in [0.5, 0.6) is 11.5 Å². The van der Waals surface area contributed by atoms with Crippen LogP contribution in [0.4, 0.5) is 17.1 Å². The maximum absolute atomic E-state index is 6.64. The fourth-order valence-electron chi connectivity index (χ4n) is 7.65. The second-order valence-electron chi connectivity index (χ2n) is 12.0. The molecule has 5 heteroatoms. The molecular formula is C40H22BN2O2. The molecule has 207 valence electrons. The Morgan fingerprint density at radius 2 is 1.36 bits per heavy atom. The van der Waals surface area contributed by atoms with Crippen molar-refractivity contribution in [3.63, 3.8) is 0 Å². The van der Waals surface area contributed by atoms with E-state index in [1.54, 1.807) is 0 Å². The number of fused-ring (bicyclic) bond motifs is 12. The molecule has 0 atom stereocenters. The standard InChI is InChI=1S/C40H22BN2O2/c1-2-10-23-20-30-27(19-22(23)9-1)24-12-7-13-25(38(24)42-30)28-21-35-36(26-11-3-5-16-32(26)44-35)40-37(28)41-29-14-8-18-34-39(29)43(40)31-15-4-6-17-33(31)45-34/h1-21,42H. The number of hydrogen-bond donors (Lipinski definition) is 1. The van der Waals surface area contributed by atoms with Gasteiger partial charge in [0.2, 0.25) is 0 Å². The van der Waals surface area contributed by atoms with E-state index in [9.17, 15) is 0 Å². The molecule has 4 nitrogen and oxygen atoms in total. The Morgan fingerprint density at radius 3 is 2.31 bits per heavy atom. The maximum atomic E-state index is 6.64. The molecular weight excluding hydrogens is 551 g/mol. The first kappa shape index (κ1) is 23.5. The number of rotatable bonds is 1. The van der Waals surface area contributed by atoms with Crippen LogP contribution < -0.4 is 20.6 Å². The summed E-state index contributed by atoms with van der Waals surface area (Å²) in [5.41, 5.74) is 11.7. The number of furan rings is 1. The summed E-state index contributed by atoms with van der Waals surface area (Å²) in [6, 6.07) is 45.0. The van der Waals surface area contributed by atoms with Gasteiger partial charge in [-0.3, -0.25) is 0 Å². The average molecular weight is 573 g/mol. The minimum Gasteiger partial charge on any atom is -0.456 e. The van der Waals surface area contributed by atoms with E-state index in [0.29, 0.717) is 0 Å². The van der Waals surface area contributed by atoms with E-state index in [1.807, 2.05) is 18.2 Å². The first-order valence-corrected chi connectivity index (χ1v) is 15.3. The normalized spacial score (nSPS) is 13.2. The van der Waals surface area contributed by atoms with E-state index in [4.69, 9.17) is 9.15 Å². The molecule has 2 aromatic heterocycles. The van der Waals surface area contributed by atoms with Crippen molar-refractivity contribution in [1.82, 2.24) is 4.98 Å². The van der Waals surface area contributed by atoms with Crippen LogP contribution in [-0.2, 0) is 0 Å². The largest absolute Gasteiger partial charge is 0.456 e. The lowest BCUT2D eigenvalue weighted by Crippen LogP contribution is -2.42. The monoisotopic (exact) mass is 573 g/mol. The van der Waals surface area contributed by atoms with Gasteiger partial charge >= 0.3 is 0 Å². The number of benzene rings is 7. The van der Waals surface area contributed by atoms with Crippen molar-refractivity contribution in [2.75, 3.05) is 4.90 Å². The third kappa shape index (κ3) is 3.07. The third-order valence-corrected chi connectivity index (χ3v) is 9.57. The van der Waals surface area contributed by atoms with Crippen LogP contribution >= 0.6 is 0 Å². The minimum absolute atomic E-state index is 0.839. The highest BCUT2D eigenvalue weighted by molar-refractivity contribution is 6.74. The highest BCUT2D eigenvalue weighted by Gasteiger charge is 2.37. The average Bonchev–Trinajstić information content (AvgIpc) is 3.64. The van der Waals surface area contributed by atoms with E-state index in [2.05, 4.69) is 126 Å². The molecule has 9 aromatic rings. The van der Waals surface area contributed by atoms with Gasteiger partial charge in [0.15, 0.2) is 18.8 Å². The van der Waals surface area contributed by atoms with Crippen LogP contribution in [0.2, 0.25) is 0 Å². The Morgan fingerprint density at radius 1 is 0.578 bits per heavy atom. The number of nitrogens with zero attached hydrogens (tertiary/aromatic N) is 1. The Bertz CT molecular complexity index is 2740. The number of ether oxygens (including phenoxy) is 1. The van der Waals surface area contributed by atoms with Gasteiger partial charge in [-0.2, -0.15) is 0 Å². The highest BCUT2D eigenvalue weighted by Crippen LogP contribution is 2.53.